The van der Waals surface area contributed by atoms with E-state index in [0.29, 0.717) is 17.5 Å². The van der Waals surface area contributed by atoms with E-state index in [1.807, 2.05) is 38.1 Å². The van der Waals surface area contributed by atoms with Crippen molar-refractivity contribution in [3.8, 4) is 0 Å². The Balaban J connectivity index is 2.09. The lowest BCUT2D eigenvalue weighted by molar-refractivity contribution is -0.126. The maximum atomic E-state index is 12.6. The predicted octanol–water partition coefficient (Wildman–Crippen LogP) is 2.86. The lowest BCUT2D eigenvalue weighted by Gasteiger charge is -2.28. The van der Waals surface area contributed by atoms with Gasteiger partial charge in [0.2, 0.25) is 5.91 Å². The van der Waals surface area contributed by atoms with Crippen molar-refractivity contribution >= 4 is 17.5 Å². The van der Waals surface area contributed by atoms with Crippen LogP contribution < -0.4 is 11.1 Å². The van der Waals surface area contributed by atoms with Gasteiger partial charge in [0.15, 0.2) is 0 Å². The lowest BCUT2D eigenvalue weighted by atomic mass is 9.83. The minimum atomic E-state index is -0.563. The number of halogens is 1. The second-order valence-electron chi connectivity index (χ2n) is 6.14. The van der Waals surface area contributed by atoms with Crippen LogP contribution in [0.1, 0.15) is 38.7 Å². The molecule has 0 spiro atoms. The third-order valence-electron chi connectivity index (χ3n) is 4.41. The fourth-order valence-corrected chi connectivity index (χ4v) is 2.98. The summed E-state index contributed by atoms with van der Waals surface area (Å²) in [5.41, 5.74) is 6.18. The summed E-state index contributed by atoms with van der Waals surface area (Å²) in [6, 6.07) is 7.70. The second-order valence-corrected chi connectivity index (χ2v) is 6.57. The molecule has 1 aromatic carbocycles. The SMILES string of the molecule is CC(C)(C(=O)NC1CCCC1CN)c1ccc(Cl)cc1. The maximum absolute atomic E-state index is 12.6. The first-order chi connectivity index (χ1) is 9.45. The average molecular weight is 295 g/mol. The van der Waals surface area contributed by atoms with Crippen LogP contribution in [0.2, 0.25) is 5.02 Å². The summed E-state index contributed by atoms with van der Waals surface area (Å²) in [4.78, 5) is 12.6. The minimum Gasteiger partial charge on any atom is -0.352 e. The number of nitrogens with one attached hydrogen (secondary N) is 1. The predicted molar refractivity (Wildman–Crippen MR) is 82.8 cm³/mol. The zero-order valence-corrected chi connectivity index (χ0v) is 12.9. The van der Waals surface area contributed by atoms with Crippen molar-refractivity contribution in [2.75, 3.05) is 6.54 Å². The van der Waals surface area contributed by atoms with Crippen molar-refractivity contribution in [2.24, 2.45) is 11.7 Å². The third-order valence-corrected chi connectivity index (χ3v) is 4.66. The Morgan fingerprint density at radius 2 is 2.00 bits per heavy atom. The summed E-state index contributed by atoms with van der Waals surface area (Å²) in [6.45, 7) is 4.53. The molecule has 2 atom stereocenters. The maximum Gasteiger partial charge on any atom is 0.230 e. The molecule has 0 aromatic heterocycles. The highest BCUT2D eigenvalue weighted by atomic mass is 35.5. The molecular formula is C16H23ClN2O. The molecule has 20 heavy (non-hydrogen) atoms. The second kappa shape index (κ2) is 6.15. The van der Waals surface area contributed by atoms with Crippen molar-refractivity contribution in [3.05, 3.63) is 34.9 Å². The molecule has 0 saturated heterocycles. The van der Waals surface area contributed by atoms with Crippen LogP contribution in [0.5, 0.6) is 0 Å². The molecule has 110 valence electrons. The first-order valence-corrected chi connectivity index (χ1v) is 7.60. The van der Waals surface area contributed by atoms with Crippen molar-refractivity contribution in [2.45, 2.75) is 44.6 Å². The van der Waals surface area contributed by atoms with Gasteiger partial charge in [0.25, 0.3) is 0 Å². The Morgan fingerprint density at radius 3 is 2.60 bits per heavy atom. The number of carbonyl (C=O) groups is 1. The molecular weight excluding hydrogens is 272 g/mol. The highest BCUT2D eigenvalue weighted by Crippen LogP contribution is 2.28. The van der Waals surface area contributed by atoms with Gasteiger partial charge >= 0.3 is 0 Å². The Kier molecular flexibility index (Phi) is 4.71. The van der Waals surface area contributed by atoms with E-state index in [1.165, 1.54) is 0 Å². The number of carbonyl (C=O) groups excluding carboxylic acids is 1. The highest BCUT2D eigenvalue weighted by Gasteiger charge is 2.34. The van der Waals surface area contributed by atoms with Crippen LogP contribution in [-0.2, 0) is 10.2 Å². The van der Waals surface area contributed by atoms with Gasteiger partial charge in [-0.3, -0.25) is 4.79 Å². The summed E-state index contributed by atoms with van der Waals surface area (Å²) in [5, 5.41) is 3.87. The quantitative estimate of drug-likeness (QED) is 0.897. The summed E-state index contributed by atoms with van der Waals surface area (Å²) in [6.07, 6.45) is 3.29. The van der Waals surface area contributed by atoms with E-state index in [4.69, 9.17) is 17.3 Å². The lowest BCUT2D eigenvalue weighted by Crippen LogP contribution is -2.47. The molecule has 0 bridgehead atoms. The zero-order chi connectivity index (χ0) is 14.8. The van der Waals surface area contributed by atoms with Crippen LogP contribution in [0, 0.1) is 5.92 Å². The zero-order valence-electron chi connectivity index (χ0n) is 12.2. The van der Waals surface area contributed by atoms with Gasteiger partial charge in [0, 0.05) is 11.1 Å². The standard InChI is InChI=1S/C16H23ClN2O/c1-16(2,12-6-8-13(17)9-7-12)15(20)19-14-5-3-4-11(14)10-18/h6-9,11,14H,3-5,10,18H2,1-2H3,(H,19,20). The van der Waals surface area contributed by atoms with Gasteiger partial charge in [-0.05, 0) is 56.8 Å². The van der Waals surface area contributed by atoms with Crippen molar-refractivity contribution in [1.29, 1.82) is 0 Å². The van der Waals surface area contributed by atoms with Crippen LogP contribution in [0.15, 0.2) is 24.3 Å². The van der Waals surface area contributed by atoms with E-state index < -0.39 is 5.41 Å². The largest absolute Gasteiger partial charge is 0.352 e. The van der Waals surface area contributed by atoms with Gasteiger partial charge in [-0.1, -0.05) is 30.2 Å². The molecule has 0 aliphatic heterocycles. The molecule has 3 N–H and O–H groups in total. The number of amides is 1. The molecule has 3 nitrogen and oxygen atoms in total. The van der Waals surface area contributed by atoms with Crippen LogP contribution in [0.4, 0.5) is 0 Å². The number of hydrogen-bond acceptors (Lipinski definition) is 2. The first kappa shape index (κ1) is 15.3. The number of benzene rings is 1. The van der Waals surface area contributed by atoms with Crippen LogP contribution in [0.3, 0.4) is 0 Å². The van der Waals surface area contributed by atoms with Crippen LogP contribution >= 0.6 is 11.6 Å². The van der Waals surface area contributed by atoms with Gasteiger partial charge in [-0.25, -0.2) is 0 Å². The molecule has 1 aliphatic rings. The van der Waals surface area contributed by atoms with Gasteiger partial charge in [0.05, 0.1) is 5.41 Å². The fourth-order valence-electron chi connectivity index (χ4n) is 2.86. The minimum absolute atomic E-state index is 0.0603. The van der Waals surface area contributed by atoms with Crippen LogP contribution in [0.25, 0.3) is 0 Å². The average Bonchev–Trinajstić information content (AvgIpc) is 2.86. The highest BCUT2D eigenvalue weighted by molar-refractivity contribution is 6.30. The molecule has 2 rings (SSSR count). The Bertz CT molecular complexity index is 470. The molecule has 0 radical (unpaired) electrons. The van der Waals surface area contributed by atoms with Crippen LogP contribution in [-0.4, -0.2) is 18.5 Å². The van der Waals surface area contributed by atoms with E-state index in [9.17, 15) is 4.79 Å². The monoisotopic (exact) mass is 294 g/mol. The molecule has 2 unspecified atom stereocenters. The topological polar surface area (TPSA) is 55.1 Å². The molecule has 1 fully saturated rings. The van der Waals surface area contributed by atoms with E-state index in [0.717, 1.165) is 24.8 Å². The van der Waals surface area contributed by atoms with Crippen molar-refractivity contribution < 1.29 is 4.79 Å². The molecule has 1 saturated carbocycles. The molecule has 1 amide bonds. The van der Waals surface area contributed by atoms with Gasteiger partial charge in [-0.2, -0.15) is 0 Å². The van der Waals surface area contributed by atoms with E-state index in [1.54, 1.807) is 0 Å². The molecule has 0 heterocycles. The summed E-state index contributed by atoms with van der Waals surface area (Å²) < 4.78 is 0. The molecule has 1 aliphatic carbocycles. The molecule has 1 aromatic rings. The third kappa shape index (κ3) is 3.15. The fraction of sp³-hybridized carbons (Fsp3) is 0.562. The van der Waals surface area contributed by atoms with Gasteiger partial charge in [-0.15, -0.1) is 0 Å². The smallest absolute Gasteiger partial charge is 0.230 e. The Morgan fingerprint density at radius 1 is 1.35 bits per heavy atom. The normalized spacial score (nSPS) is 22.8. The number of hydrogen-bond donors (Lipinski definition) is 2. The summed E-state index contributed by atoms with van der Waals surface area (Å²) in [5.74, 6) is 0.477. The van der Waals surface area contributed by atoms with Crippen molar-refractivity contribution in [1.82, 2.24) is 5.32 Å². The summed E-state index contributed by atoms with van der Waals surface area (Å²) >= 11 is 5.90. The first-order valence-electron chi connectivity index (χ1n) is 7.22. The Labute approximate surface area is 125 Å². The number of rotatable bonds is 4. The van der Waals surface area contributed by atoms with E-state index in [2.05, 4.69) is 5.32 Å². The number of nitrogens with two attached hydrogens (primary N) is 1. The van der Waals surface area contributed by atoms with E-state index in [-0.39, 0.29) is 11.9 Å². The molecule has 4 heteroatoms. The van der Waals surface area contributed by atoms with Gasteiger partial charge in [0.1, 0.15) is 0 Å². The van der Waals surface area contributed by atoms with Crippen molar-refractivity contribution in [3.63, 3.8) is 0 Å². The van der Waals surface area contributed by atoms with E-state index >= 15 is 0 Å². The Hall–Kier alpha value is -1.06. The summed E-state index contributed by atoms with van der Waals surface area (Å²) in [7, 11) is 0. The van der Waals surface area contributed by atoms with Gasteiger partial charge < -0.3 is 11.1 Å².